The summed E-state index contributed by atoms with van der Waals surface area (Å²) in [5, 5.41) is 6.54. The fourth-order valence-corrected chi connectivity index (χ4v) is 6.37. The number of benzene rings is 6. The van der Waals surface area contributed by atoms with E-state index in [9.17, 15) is 0 Å². The number of hydrogen-bond donors (Lipinski definition) is 0. The second-order valence-electron chi connectivity index (χ2n) is 13.3. The van der Waals surface area contributed by atoms with Crippen LogP contribution in [-0.2, 0) is 26.5 Å². The van der Waals surface area contributed by atoms with Crippen molar-refractivity contribution < 1.29 is 44.1 Å². The van der Waals surface area contributed by atoms with Crippen LogP contribution < -0.4 is 9.30 Å². The number of nitrogens with zero attached hydrogens (tertiary/aromatic N) is 5. The molecule has 0 saturated carbocycles. The Labute approximate surface area is 343 Å². The minimum atomic E-state index is -0.579. The minimum Gasteiger partial charge on any atom is -0.510 e. The molecule has 9 aromatic rings. The summed E-state index contributed by atoms with van der Waals surface area (Å²) < 4.78 is 96.4. The van der Waals surface area contributed by atoms with Gasteiger partial charge in [0.15, 0.2) is 6.33 Å². The van der Waals surface area contributed by atoms with Gasteiger partial charge in [-0.1, -0.05) is 123 Å². The van der Waals surface area contributed by atoms with Crippen molar-refractivity contribution in [3.63, 3.8) is 0 Å². The van der Waals surface area contributed by atoms with E-state index in [1.54, 1.807) is 18.2 Å². The van der Waals surface area contributed by atoms with Gasteiger partial charge in [-0.15, -0.1) is 29.7 Å². The molecule has 0 aliphatic rings. The van der Waals surface area contributed by atoms with Crippen LogP contribution in [-0.4, -0.2) is 19.3 Å². The van der Waals surface area contributed by atoms with E-state index in [2.05, 4.69) is 67.1 Å². The van der Waals surface area contributed by atoms with Crippen LogP contribution in [0.4, 0.5) is 0 Å². The summed E-state index contributed by atoms with van der Waals surface area (Å²) in [5.41, 5.74) is 3.18. The minimum absolute atomic E-state index is 0. The first-order valence-electron chi connectivity index (χ1n) is 21.8. The Hall–Kier alpha value is -6.10. The topological polar surface area (TPSA) is 48.8 Å². The molecule has 7 heteroatoms. The molecule has 0 fully saturated rings. The molecule has 3 heterocycles. The molecular formula is C47H35N5OPt-2. The molecule has 0 aliphatic carbocycles. The summed E-state index contributed by atoms with van der Waals surface area (Å²) in [5.74, 6) is 1.50. The molecule has 0 spiro atoms. The van der Waals surface area contributed by atoms with Gasteiger partial charge in [0.1, 0.15) is 5.82 Å². The number of aromatic nitrogens is 5. The smallest absolute Gasteiger partial charge is 0.210 e. The number of rotatable bonds is 7. The predicted molar refractivity (Wildman–Crippen MR) is 210 cm³/mol. The summed E-state index contributed by atoms with van der Waals surface area (Å²) in [6.45, 7) is 6.48. The molecule has 0 saturated heterocycles. The Bertz CT molecular complexity index is 3200. The van der Waals surface area contributed by atoms with Crippen molar-refractivity contribution in [2.75, 3.05) is 0 Å². The molecule has 0 amide bonds. The Morgan fingerprint density at radius 2 is 1.41 bits per heavy atom. The molecule has 0 unspecified atom stereocenters. The monoisotopic (exact) mass is 890 g/mol. The Morgan fingerprint density at radius 1 is 0.722 bits per heavy atom. The van der Waals surface area contributed by atoms with Gasteiger partial charge in [-0.25, -0.2) is 4.98 Å². The molecule has 6 aromatic carbocycles. The first-order valence-corrected chi connectivity index (χ1v) is 16.8. The van der Waals surface area contributed by atoms with Crippen LogP contribution in [0.1, 0.15) is 40.0 Å². The zero-order valence-corrected chi connectivity index (χ0v) is 31.5. The van der Waals surface area contributed by atoms with Crippen molar-refractivity contribution >= 4 is 21.8 Å². The fraction of sp³-hybridized carbons (Fsp3) is 0.0851. The second kappa shape index (κ2) is 14.4. The van der Waals surface area contributed by atoms with Crippen molar-refractivity contribution in [2.24, 2.45) is 0 Å². The largest absolute Gasteiger partial charge is 0.510 e. The van der Waals surface area contributed by atoms with Crippen LogP contribution in [0, 0.1) is 18.5 Å². The van der Waals surface area contributed by atoms with E-state index >= 15 is 0 Å². The SMILES string of the molecule is [2H]c1c([2H])c([2H])c(-c2cccc(-c3c([2H])c([2H])c([2H])c([2H])c3[2H])c2-[n+]2[c-]n(-c3[c-]c(Oc4[c-]c5c(cc4)c4ccccc4n5-c4cc(C(C)(C)C)ccn4)ccc3)nc2)c([2H])c1[2H].[Pt]. The van der Waals surface area contributed by atoms with Crippen LogP contribution in [0.2, 0.25) is 0 Å². The quantitative estimate of drug-likeness (QED) is 0.118. The van der Waals surface area contributed by atoms with Crippen LogP contribution in [0.25, 0.3) is 61.3 Å². The van der Waals surface area contributed by atoms with E-state index in [-0.39, 0.29) is 54.4 Å². The summed E-state index contributed by atoms with van der Waals surface area (Å²) in [4.78, 5) is 4.76. The third kappa shape index (κ3) is 6.54. The molecule has 0 N–H and O–H groups in total. The van der Waals surface area contributed by atoms with E-state index in [1.807, 2.05) is 36.5 Å². The molecule has 0 aliphatic heterocycles. The van der Waals surface area contributed by atoms with E-state index < -0.39 is 60.4 Å². The summed E-state index contributed by atoms with van der Waals surface area (Å²) >= 11 is 0. The molecule has 0 radical (unpaired) electrons. The van der Waals surface area contributed by atoms with Gasteiger partial charge in [0.2, 0.25) is 6.33 Å². The molecule has 0 bridgehead atoms. The van der Waals surface area contributed by atoms with E-state index in [0.717, 1.165) is 33.2 Å². The second-order valence-corrected chi connectivity index (χ2v) is 13.3. The number of pyridine rings is 1. The van der Waals surface area contributed by atoms with E-state index in [1.165, 1.54) is 33.8 Å². The number of hydrogen-bond acceptors (Lipinski definition) is 3. The zero-order valence-electron chi connectivity index (χ0n) is 39.2. The number of para-hydroxylation sites is 2. The van der Waals surface area contributed by atoms with Gasteiger partial charge in [-0.05, 0) is 67.6 Å². The Kier molecular flexibility index (Phi) is 6.66. The van der Waals surface area contributed by atoms with Crippen LogP contribution in [0.5, 0.6) is 11.5 Å². The van der Waals surface area contributed by atoms with Gasteiger partial charge in [0.05, 0.1) is 13.7 Å². The maximum atomic E-state index is 8.80. The normalized spacial score (nSPS) is 14.1. The number of fused-ring (bicyclic) bond motifs is 3. The standard InChI is InChI=1S/C47H35N5O.Pt/c1-47(2,3)35-26-27-48-45(28-35)52-43-23-11-10-20-41(43)42-25-24-38(30-44(42)52)53-37-19-12-18-36(29-37)51-32-50(31-49-51)46-39(33-14-6-4-7-15-33)21-13-22-40(46)34-16-8-5-9-17-34;/h4-28,31H,1-3H3;/q-2;/i4D,5D,6D,7D,8D,9D,14D,15D,16D,17D;. The van der Waals surface area contributed by atoms with Crippen molar-refractivity contribution in [3.8, 4) is 50.9 Å². The Balaban J connectivity index is 0.00000560. The van der Waals surface area contributed by atoms with E-state index in [4.69, 9.17) is 23.4 Å². The molecule has 54 heavy (non-hydrogen) atoms. The van der Waals surface area contributed by atoms with Gasteiger partial charge in [0, 0.05) is 50.0 Å². The van der Waals surface area contributed by atoms with Gasteiger partial charge >= 0.3 is 0 Å². The first-order chi connectivity index (χ1) is 30.0. The fourth-order valence-electron chi connectivity index (χ4n) is 6.37. The van der Waals surface area contributed by atoms with Gasteiger partial charge in [-0.3, -0.25) is 0 Å². The summed E-state index contributed by atoms with van der Waals surface area (Å²) in [6.07, 6.45) is 6.28. The zero-order chi connectivity index (χ0) is 44.6. The molecule has 0 atom stereocenters. The maximum absolute atomic E-state index is 8.80. The van der Waals surface area contributed by atoms with Crippen molar-refractivity contribution in [1.82, 2.24) is 19.3 Å². The van der Waals surface area contributed by atoms with Crippen molar-refractivity contribution in [3.05, 3.63) is 182 Å². The van der Waals surface area contributed by atoms with Crippen LogP contribution >= 0.6 is 0 Å². The van der Waals surface area contributed by atoms with Crippen LogP contribution in [0.15, 0.2) is 158 Å². The van der Waals surface area contributed by atoms with E-state index in [0.29, 0.717) is 17.2 Å². The number of ether oxygens (including phenoxy) is 1. The predicted octanol–water partition coefficient (Wildman–Crippen LogP) is 10.5. The molecular weight excluding hydrogens is 846 g/mol. The first kappa shape index (κ1) is 25.0. The average molecular weight is 891 g/mol. The summed E-state index contributed by atoms with van der Waals surface area (Å²) in [6, 6.07) is 27.2. The van der Waals surface area contributed by atoms with Crippen LogP contribution in [0.3, 0.4) is 0 Å². The molecule has 3 aromatic heterocycles. The molecule has 9 rings (SSSR count). The van der Waals surface area contributed by atoms with Crippen molar-refractivity contribution in [1.29, 1.82) is 0 Å². The Morgan fingerprint density at radius 3 is 2.13 bits per heavy atom. The summed E-state index contributed by atoms with van der Waals surface area (Å²) in [7, 11) is 0. The third-order valence-corrected chi connectivity index (χ3v) is 8.90. The maximum Gasteiger partial charge on any atom is 0.210 e. The van der Waals surface area contributed by atoms with Gasteiger partial charge in [-0.2, -0.15) is 22.9 Å². The molecule has 6 nitrogen and oxygen atoms in total. The average Bonchev–Trinajstić information content (AvgIpc) is 3.90. The third-order valence-electron chi connectivity index (χ3n) is 8.90. The molecule has 266 valence electrons. The van der Waals surface area contributed by atoms with Crippen molar-refractivity contribution in [2.45, 2.75) is 26.2 Å². The van der Waals surface area contributed by atoms with Gasteiger partial charge in [0.25, 0.3) is 0 Å². The van der Waals surface area contributed by atoms with Gasteiger partial charge < -0.3 is 13.9 Å².